The van der Waals surface area contributed by atoms with Gasteiger partial charge in [-0.15, -0.1) is 0 Å². The topological polar surface area (TPSA) is 208 Å². The lowest BCUT2D eigenvalue weighted by molar-refractivity contribution is -0.142. The van der Waals surface area contributed by atoms with E-state index in [4.69, 9.17) is 4.74 Å². The summed E-state index contributed by atoms with van der Waals surface area (Å²) < 4.78 is 37.7. The Labute approximate surface area is 376 Å². The molecule has 1 atom stereocenters. The number of piperazine rings is 2. The molecule has 342 valence electrons. The largest absolute Gasteiger partial charge is 0.367 e. The van der Waals surface area contributed by atoms with E-state index in [1.807, 2.05) is 29.4 Å². The van der Waals surface area contributed by atoms with Gasteiger partial charge in [0.25, 0.3) is 11.8 Å². The third-order valence-corrected chi connectivity index (χ3v) is 12.3. The second kappa shape index (κ2) is 17.9. The minimum absolute atomic E-state index is 0.00643. The zero-order valence-corrected chi connectivity index (χ0v) is 36.4. The number of hydrogen-bond donors (Lipinski definition) is 2. The molecule has 66 heavy (non-hydrogen) atoms. The van der Waals surface area contributed by atoms with Crippen LogP contribution in [0.5, 0.6) is 0 Å². The first-order chi connectivity index (χ1) is 31.7. The number of nitrogens with one attached hydrogen (secondary N) is 2. The first-order valence-corrected chi connectivity index (χ1v) is 21.7. The summed E-state index contributed by atoms with van der Waals surface area (Å²) in [5.41, 5.74) is 2.65. The number of halogens is 2. The quantitative estimate of drug-likeness (QED) is 0.183. The van der Waals surface area contributed by atoms with Gasteiger partial charge in [0, 0.05) is 70.4 Å². The zero-order valence-electron chi connectivity index (χ0n) is 36.4. The third kappa shape index (κ3) is 8.36. The molecule has 3 saturated heterocycles. The number of imidazole rings is 1. The number of ether oxygens (including phenoxy) is 1. The number of amides is 6. The molecule has 3 aromatic heterocycles. The van der Waals surface area contributed by atoms with Crippen molar-refractivity contribution in [1.82, 2.24) is 44.5 Å². The lowest BCUT2D eigenvalue weighted by Crippen LogP contribution is -2.54. The molecule has 0 bridgehead atoms. The molecular formula is C45H46F2N12O7. The summed E-state index contributed by atoms with van der Waals surface area (Å²) in [6.45, 7) is 8.47. The number of benzene rings is 2. The van der Waals surface area contributed by atoms with Crippen LogP contribution >= 0.6 is 0 Å². The van der Waals surface area contributed by atoms with Crippen molar-refractivity contribution in [2.45, 2.75) is 45.7 Å². The highest BCUT2D eigenvalue weighted by Gasteiger charge is 2.46. The van der Waals surface area contributed by atoms with Crippen LogP contribution in [0.25, 0.3) is 22.3 Å². The fourth-order valence-corrected chi connectivity index (χ4v) is 9.03. The van der Waals surface area contributed by atoms with Crippen molar-refractivity contribution in [2.75, 3.05) is 80.7 Å². The van der Waals surface area contributed by atoms with Gasteiger partial charge in [-0.25, -0.2) is 28.7 Å². The van der Waals surface area contributed by atoms with Crippen LogP contribution in [0.1, 0.15) is 59.3 Å². The Morgan fingerprint density at radius 1 is 0.833 bits per heavy atom. The summed E-state index contributed by atoms with van der Waals surface area (Å²) >= 11 is 0. The average molecular weight is 905 g/mol. The first kappa shape index (κ1) is 43.8. The Kier molecular flexibility index (Phi) is 11.9. The SMILES string of the molecule is Cc1nc2c(F)cc(-c3nc(Nc4ccc(N5CCN(C(=O)COCC(=O)N6CCN(c7cccc8c7C(=O)N(C7CCC(=O)NC7=O)C8=O)CC6)CC5)cn4)ncc3F)cc2n1C(C)C. The number of rotatable bonds is 11. The number of aryl methyl sites for hydroxylation is 1. The molecule has 0 saturated carbocycles. The van der Waals surface area contributed by atoms with Crippen molar-refractivity contribution in [3.8, 4) is 11.3 Å². The van der Waals surface area contributed by atoms with Crippen molar-refractivity contribution in [2.24, 2.45) is 0 Å². The lowest BCUT2D eigenvalue weighted by atomic mass is 10.0. The molecule has 0 radical (unpaired) electrons. The summed E-state index contributed by atoms with van der Waals surface area (Å²) in [7, 11) is 0. The Bertz CT molecular complexity index is 2790. The fraction of sp³-hybridized carbons (Fsp3) is 0.378. The maximum absolute atomic E-state index is 15.2. The Morgan fingerprint density at radius 2 is 1.53 bits per heavy atom. The summed E-state index contributed by atoms with van der Waals surface area (Å²) in [5.74, 6) is -2.99. The van der Waals surface area contributed by atoms with E-state index in [0.717, 1.165) is 16.8 Å². The van der Waals surface area contributed by atoms with Crippen LogP contribution in [-0.2, 0) is 23.9 Å². The van der Waals surface area contributed by atoms with Crippen LogP contribution in [0.2, 0.25) is 0 Å². The molecule has 5 aromatic rings. The molecule has 9 rings (SSSR count). The van der Waals surface area contributed by atoms with Gasteiger partial charge < -0.3 is 34.2 Å². The fourth-order valence-electron chi connectivity index (χ4n) is 9.03. The molecule has 7 heterocycles. The maximum atomic E-state index is 15.2. The minimum atomic E-state index is -1.07. The first-order valence-electron chi connectivity index (χ1n) is 21.7. The highest BCUT2D eigenvalue weighted by Crippen LogP contribution is 2.35. The van der Waals surface area contributed by atoms with E-state index in [1.165, 1.54) is 6.07 Å². The average Bonchev–Trinajstić information content (AvgIpc) is 3.79. The number of piperidine rings is 1. The predicted octanol–water partition coefficient (Wildman–Crippen LogP) is 3.21. The highest BCUT2D eigenvalue weighted by molar-refractivity contribution is 6.25. The van der Waals surface area contributed by atoms with Crippen LogP contribution in [0.15, 0.2) is 54.9 Å². The molecule has 4 aliphatic heterocycles. The van der Waals surface area contributed by atoms with Gasteiger partial charge in [-0.05, 0) is 63.6 Å². The molecule has 21 heteroatoms. The maximum Gasteiger partial charge on any atom is 0.264 e. The molecule has 19 nitrogen and oxygen atoms in total. The van der Waals surface area contributed by atoms with Crippen molar-refractivity contribution < 1.29 is 42.3 Å². The van der Waals surface area contributed by atoms with Gasteiger partial charge in [0.05, 0.1) is 40.4 Å². The van der Waals surface area contributed by atoms with E-state index in [-0.39, 0.29) is 77.8 Å². The molecule has 3 fully saturated rings. The normalized spacial score (nSPS) is 17.8. The summed E-state index contributed by atoms with van der Waals surface area (Å²) in [6.07, 6.45) is 2.78. The Hall–Kier alpha value is -7.42. The molecule has 4 aliphatic rings. The van der Waals surface area contributed by atoms with Crippen LogP contribution in [0.4, 0.5) is 31.9 Å². The minimum Gasteiger partial charge on any atom is -0.367 e. The standard InChI is InChI=1S/C45H46F2N12O7/c1-25(2)58-26(3)50-41-30(46)19-27(20-34(41)58)40-31(47)22-49-45(53-40)51-35-9-7-28(21-48-35)54-11-15-56(16-12-54)37(61)23-66-24-38(62)57-17-13-55(14-18-57)32-6-4-5-29-39(32)44(65)59(43(29)64)33-8-10-36(60)52-42(33)63/h4-7,9,19-22,25,33H,8,10-18,23-24H2,1-3H3,(H,52,60,63)(H,48,49,51,53). The van der Waals surface area contributed by atoms with Gasteiger partial charge in [-0.2, -0.15) is 0 Å². The summed E-state index contributed by atoms with van der Waals surface area (Å²) in [4.78, 5) is 103. The second-order valence-corrected chi connectivity index (χ2v) is 16.7. The van der Waals surface area contributed by atoms with E-state index in [2.05, 4.69) is 35.5 Å². The third-order valence-electron chi connectivity index (χ3n) is 12.3. The van der Waals surface area contributed by atoms with E-state index in [1.54, 1.807) is 53.3 Å². The summed E-state index contributed by atoms with van der Waals surface area (Å²) in [5, 5.41) is 5.20. The molecule has 2 aromatic carbocycles. The van der Waals surface area contributed by atoms with Gasteiger partial charge in [-0.1, -0.05) is 6.07 Å². The Balaban J connectivity index is 0.726. The van der Waals surface area contributed by atoms with Gasteiger partial charge in [0.15, 0.2) is 11.6 Å². The van der Waals surface area contributed by atoms with Crippen molar-refractivity contribution in [1.29, 1.82) is 0 Å². The van der Waals surface area contributed by atoms with E-state index in [0.29, 0.717) is 75.2 Å². The number of aromatic nitrogens is 5. The van der Waals surface area contributed by atoms with Gasteiger partial charge in [-0.3, -0.25) is 39.0 Å². The van der Waals surface area contributed by atoms with E-state index >= 15 is 8.78 Å². The van der Waals surface area contributed by atoms with E-state index in [9.17, 15) is 28.8 Å². The van der Waals surface area contributed by atoms with Crippen LogP contribution < -0.4 is 20.4 Å². The highest BCUT2D eigenvalue weighted by atomic mass is 19.1. The van der Waals surface area contributed by atoms with Crippen molar-refractivity contribution in [3.05, 3.63) is 83.4 Å². The molecule has 0 aliphatic carbocycles. The van der Waals surface area contributed by atoms with Gasteiger partial charge in [0.2, 0.25) is 29.6 Å². The second-order valence-electron chi connectivity index (χ2n) is 16.7. The molecule has 6 amide bonds. The lowest BCUT2D eigenvalue weighted by Gasteiger charge is -2.37. The van der Waals surface area contributed by atoms with Crippen LogP contribution in [0, 0.1) is 18.6 Å². The number of anilines is 4. The Morgan fingerprint density at radius 3 is 2.18 bits per heavy atom. The molecule has 1 unspecified atom stereocenters. The zero-order chi connectivity index (χ0) is 46.4. The van der Waals surface area contributed by atoms with Gasteiger partial charge >= 0.3 is 0 Å². The number of hydrogen-bond acceptors (Lipinski definition) is 14. The molecule has 0 spiro atoms. The summed E-state index contributed by atoms with van der Waals surface area (Å²) in [6, 6.07) is 10.4. The number of fused-ring (bicyclic) bond motifs is 2. The monoisotopic (exact) mass is 904 g/mol. The van der Waals surface area contributed by atoms with Crippen molar-refractivity contribution >= 4 is 69.6 Å². The van der Waals surface area contributed by atoms with Crippen molar-refractivity contribution in [3.63, 3.8) is 0 Å². The predicted molar refractivity (Wildman–Crippen MR) is 235 cm³/mol. The number of carbonyl (C=O) groups is 6. The van der Waals surface area contributed by atoms with Crippen LogP contribution in [-0.4, -0.2) is 146 Å². The number of imide groups is 2. The number of pyridine rings is 1. The van der Waals surface area contributed by atoms with Crippen LogP contribution in [0.3, 0.4) is 0 Å². The molecular weight excluding hydrogens is 859 g/mol. The number of nitrogens with zero attached hydrogens (tertiary/aromatic N) is 10. The molecule has 2 N–H and O–H groups in total. The smallest absolute Gasteiger partial charge is 0.264 e. The number of carbonyl (C=O) groups excluding carboxylic acids is 6. The van der Waals surface area contributed by atoms with E-state index < -0.39 is 41.3 Å². The van der Waals surface area contributed by atoms with Gasteiger partial charge in [0.1, 0.15) is 42.1 Å².